The van der Waals surface area contributed by atoms with Gasteiger partial charge in [0.2, 0.25) is 0 Å². The number of nitrogens with two attached hydrogens (primary N) is 1. The molecule has 0 aliphatic rings. The number of para-hydroxylation sites is 1. The summed E-state index contributed by atoms with van der Waals surface area (Å²) in [6.45, 7) is 3.10. The minimum Gasteiger partial charge on any atom is -0.480 e. The van der Waals surface area contributed by atoms with E-state index in [0.29, 0.717) is 12.0 Å². The van der Waals surface area contributed by atoms with E-state index in [1.54, 1.807) is 13.0 Å². The third-order valence-electron chi connectivity index (χ3n) is 3.24. The van der Waals surface area contributed by atoms with Crippen molar-refractivity contribution in [3.05, 3.63) is 29.8 Å². The normalized spacial score (nSPS) is 16.1. The largest absolute Gasteiger partial charge is 0.573 e. The fourth-order valence-electron chi connectivity index (χ4n) is 2.11. The lowest BCUT2D eigenvalue weighted by atomic mass is 9.83. The van der Waals surface area contributed by atoms with Crippen molar-refractivity contribution in [3.8, 4) is 5.75 Å². The smallest absolute Gasteiger partial charge is 0.480 e. The summed E-state index contributed by atoms with van der Waals surface area (Å²) in [6.07, 6.45) is -4.34. The molecule has 1 aromatic rings. The molecule has 2 atom stereocenters. The van der Waals surface area contributed by atoms with Crippen LogP contribution in [0.15, 0.2) is 24.3 Å². The maximum absolute atomic E-state index is 12.4. The van der Waals surface area contributed by atoms with Crippen LogP contribution in [0.25, 0.3) is 0 Å². The molecule has 0 radical (unpaired) electrons. The minimum absolute atomic E-state index is 0.0110. The number of benzene rings is 1. The Kier molecular flexibility index (Phi) is 5.22. The van der Waals surface area contributed by atoms with Gasteiger partial charge in [-0.15, -0.1) is 13.2 Å². The number of carbonyl (C=O) groups is 1. The summed E-state index contributed by atoms with van der Waals surface area (Å²) in [4.78, 5) is 11.1. The zero-order valence-electron chi connectivity index (χ0n) is 11.8. The van der Waals surface area contributed by atoms with Crippen molar-refractivity contribution in [1.82, 2.24) is 0 Å². The number of rotatable bonds is 6. The van der Waals surface area contributed by atoms with Crippen molar-refractivity contribution in [1.29, 1.82) is 0 Å². The number of hydrogen-bond donors (Lipinski definition) is 2. The number of aliphatic carboxylic acids is 1. The summed E-state index contributed by atoms with van der Waals surface area (Å²) in [7, 11) is 0. The van der Waals surface area contributed by atoms with E-state index in [9.17, 15) is 18.0 Å². The van der Waals surface area contributed by atoms with Crippen molar-refractivity contribution in [3.63, 3.8) is 0 Å². The number of carboxylic acid groups (broad SMARTS) is 1. The lowest BCUT2D eigenvalue weighted by molar-refractivity contribution is -0.275. The SMILES string of the molecule is CCC(CC(C)(N)C(=O)O)c1ccccc1OC(F)(F)F. The molecule has 1 rings (SSSR count). The highest BCUT2D eigenvalue weighted by atomic mass is 19.4. The van der Waals surface area contributed by atoms with Crippen LogP contribution in [0.1, 0.15) is 38.2 Å². The number of carboxylic acids is 1. The predicted octanol–water partition coefficient (Wildman–Crippen LogP) is 3.27. The number of ether oxygens (including phenoxy) is 1. The molecule has 0 aromatic heterocycles. The van der Waals surface area contributed by atoms with Crippen LogP contribution < -0.4 is 10.5 Å². The van der Waals surface area contributed by atoms with E-state index >= 15 is 0 Å². The fraction of sp³-hybridized carbons (Fsp3) is 0.500. The first-order valence-corrected chi connectivity index (χ1v) is 6.43. The van der Waals surface area contributed by atoms with Crippen LogP contribution in [-0.4, -0.2) is 23.0 Å². The minimum atomic E-state index is -4.80. The van der Waals surface area contributed by atoms with Crippen LogP contribution in [0.4, 0.5) is 13.2 Å². The Balaban J connectivity index is 3.09. The van der Waals surface area contributed by atoms with Crippen molar-refractivity contribution in [2.24, 2.45) is 5.73 Å². The monoisotopic (exact) mass is 305 g/mol. The van der Waals surface area contributed by atoms with Gasteiger partial charge in [0.1, 0.15) is 11.3 Å². The summed E-state index contributed by atoms with van der Waals surface area (Å²) in [6, 6.07) is 5.71. The van der Waals surface area contributed by atoms with Gasteiger partial charge in [-0.2, -0.15) is 0 Å². The van der Waals surface area contributed by atoms with Gasteiger partial charge in [-0.05, 0) is 37.3 Å². The summed E-state index contributed by atoms with van der Waals surface area (Å²) in [5, 5.41) is 9.05. The molecule has 7 heteroatoms. The molecule has 2 unspecified atom stereocenters. The van der Waals surface area contributed by atoms with Crippen LogP contribution in [-0.2, 0) is 4.79 Å². The van der Waals surface area contributed by atoms with Gasteiger partial charge in [0.25, 0.3) is 0 Å². The predicted molar refractivity (Wildman–Crippen MR) is 71.0 cm³/mol. The topological polar surface area (TPSA) is 72.6 Å². The van der Waals surface area contributed by atoms with Crippen molar-refractivity contribution >= 4 is 5.97 Å². The van der Waals surface area contributed by atoms with Crippen LogP contribution >= 0.6 is 0 Å². The number of halogens is 3. The molecule has 3 N–H and O–H groups in total. The molecule has 0 fully saturated rings. The van der Waals surface area contributed by atoms with Crippen molar-refractivity contribution in [2.75, 3.05) is 0 Å². The average Bonchev–Trinajstić information content (AvgIpc) is 2.35. The molecule has 0 aliphatic heterocycles. The highest BCUT2D eigenvalue weighted by molar-refractivity contribution is 5.78. The number of hydrogen-bond acceptors (Lipinski definition) is 3. The van der Waals surface area contributed by atoms with Crippen molar-refractivity contribution in [2.45, 2.75) is 44.5 Å². The third-order valence-corrected chi connectivity index (χ3v) is 3.24. The van der Waals surface area contributed by atoms with Gasteiger partial charge in [0.05, 0.1) is 0 Å². The molecule has 0 bridgehead atoms. The van der Waals surface area contributed by atoms with E-state index in [1.807, 2.05) is 0 Å². The summed E-state index contributed by atoms with van der Waals surface area (Å²) >= 11 is 0. The second-order valence-corrected chi connectivity index (χ2v) is 5.12. The fourth-order valence-corrected chi connectivity index (χ4v) is 2.11. The molecule has 4 nitrogen and oxygen atoms in total. The zero-order chi connectivity index (χ0) is 16.3. The van der Waals surface area contributed by atoms with Crippen LogP contribution in [0.2, 0.25) is 0 Å². The van der Waals surface area contributed by atoms with E-state index in [0.717, 1.165) is 0 Å². The second kappa shape index (κ2) is 6.34. The highest BCUT2D eigenvalue weighted by Gasteiger charge is 2.35. The van der Waals surface area contributed by atoms with Gasteiger partial charge in [-0.3, -0.25) is 4.79 Å². The molecule has 118 valence electrons. The van der Waals surface area contributed by atoms with Gasteiger partial charge in [0, 0.05) is 0 Å². The number of alkyl halides is 3. The van der Waals surface area contributed by atoms with Gasteiger partial charge in [0.15, 0.2) is 0 Å². The van der Waals surface area contributed by atoms with E-state index in [4.69, 9.17) is 10.8 Å². The quantitative estimate of drug-likeness (QED) is 0.846. The first-order valence-electron chi connectivity index (χ1n) is 6.43. The van der Waals surface area contributed by atoms with E-state index in [2.05, 4.69) is 4.74 Å². The summed E-state index contributed by atoms with van der Waals surface area (Å²) in [5.74, 6) is -1.97. The Morgan fingerprint density at radius 1 is 1.38 bits per heavy atom. The molecule has 0 aliphatic carbocycles. The molecular weight excluding hydrogens is 287 g/mol. The standard InChI is InChI=1S/C14H18F3NO3/c1-3-9(8-13(2,18)12(19)20)10-6-4-5-7-11(10)21-14(15,16)17/h4-7,9H,3,8,18H2,1-2H3,(H,19,20). The van der Waals surface area contributed by atoms with E-state index in [1.165, 1.54) is 25.1 Å². The molecule has 0 saturated heterocycles. The molecule has 0 spiro atoms. The molecule has 21 heavy (non-hydrogen) atoms. The van der Waals surface area contributed by atoms with Gasteiger partial charge in [-0.25, -0.2) is 0 Å². The van der Waals surface area contributed by atoms with Gasteiger partial charge in [-0.1, -0.05) is 25.1 Å². The Morgan fingerprint density at radius 3 is 2.43 bits per heavy atom. The average molecular weight is 305 g/mol. The highest BCUT2D eigenvalue weighted by Crippen LogP contribution is 2.36. The third kappa shape index (κ3) is 4.93. The van der Waals surface area contributed by atoms with Crippen LogP contribution in [0.5, 0.6) is 5.75 Å². The maximum atomic E-state index is 12.4. The van der Waals surface area contributed by atoms with Crippen LogP contribution in [0.3, 0.4) is 0 Å². The first-order chi connectivity index (χ1) is 9.57. The maximum Gasteiger partial charge on any atom is 0.573 e. The Hall–Kier alpha value is -1.76. The zero-order valence-corrected chi connectivity index (χ0v) is 11.8. The van der Waals surface area contributed by atoms with Gasteiger partial charge < -0.3 is 15.6 Å². The molecule has 0 heterocycles. The second-order valence-electron chi connectivity index (χ2n) is 5.12. The Morgan fingerprint density at radius 2 is 1.95 bits per heavy atom. The lowest BCUT2D eigenvalue weighted by Gasteiger charge is -2.27. The molecular formula is C14H18F3NO3. The molecule has 1 aromatic carbocycles. The lowest BCUT2D eigenvalue weighted by Crippen LogP contribution is -2.46. The summed E-state index contributed by atoms with van der Waals surface area (Å²) in [5.41, 5.74) is 4.47. The summed E-state index contributed by atoms with van der Waals surface area (Å²) < 4.78 is 41.2. The Bertz CT molecular complexity index is 500. The van der Waals surface area contributed by atoms with Gasteiger partial charge >= 0.3 is 12.3 Å². The molecule has 0 amide bonds. The molecule has 0 saturated carbocycles. The first kappa shape index (κ1) is 17.3. The Labute approximate surface area is 120 Å². The van der Waals surface area contributed by atoms with Crippen LogP contribution in [0, 0.1) is 0 Å². The van der Waals surface area contributed by atoms with E-state index < -0.39 is 23.8 Å². The van der Waals surface area contributed by atoms with E-state index in [-0.39, 0.29) is 12.2 Å². The van der Waals surface area contributed by atoms with Crippen molar-refractivity contribution < 1.29 is 27.8 Å².